The summed E-state index contributed by atoms with van der Waals surface area (Å²) in [5.41, 5.74) is 0.951. The summed E-state index contributed by atoms with van der Waals surface area (Å²) in [5, 5.41) is 7.02. The van der Waals surface area contributed by atoms with Gasteiger partial charge in [-0.2, -0.15) is 0 Å². The molecule has 2 N–H and O–H groups in total. The Bertz CT molecular complexity index is 175. The van der Waals surface area contributed by atoms with Crippen molar-refractivity contribution in [1.82, 2.24) is 10.6 Å². The first kappa shape index (κ1) is 9.47. The smallest absolute Gasteiger partial charge is 0.0230 e. The van der Waals surface area contributed by atoms with Crippen LogP contribution in [0.5, 0.6) is 0 Å². The van der Waals surface area contributed by atoms with E-state index in [4.69, 9.17) is 0 Å². The Morgan fingerprint density at radius 1 is 1.08 bits per heavy atom. The minimum atomic E-state index is 0.384. The van der Waals surface area contributed by atoms with Gasteiger partial charge in [-0.1, -0.05) is 19.3 Å². The van der Waals surface area contributed by atoms with Crippen molar-refractivity contribution in [3.8, 4) is 0 Å². The maximum atomic E-state index is 3.57. The van der Waals surface area contributed by atoms with E-state index in [0.29, 0.717) is 11.0 Å². The Hall–Kier alpha value is -0.0800. The topological polar surface area (TPSA) is 24.1 Å². The molecule has 0 aromatic carbocycles. The Morgan fingerprint density at radius 3 is 2.31 bits per heavy atom. The first-order chi connectivity index (χ1) is 6.22. The van der Waals surface area contributed by atoms with Crippen LogP contribution in [0, 0.1) is 5.41 Å². The Balaban J connectivity index is 2.18. The molecule has 13 heavy (non-hydrogen) atoms. The molecule has 2 aliphatic rings. The molecule has 1 saturated heterocycles. The second-order valence-electron chi connectivity index (χ2n) is 5.03. The van der Waals surface area contributed by atoms with Crippen LogP contribution in [0.25, 0.3) is 0 Å². The van der Waals surface area contributed by atoms with Crippen molar-refractivity contribution in [3.05, 3.63) is 0 Å². The van der Waals surface area contributed by atoms with Crippen LogP contribution in [0.15, 0.2) is 0 Å². The second kappa shape index (κ2) is 3.25. The first-order valence-corrected chi connectivity index (χ1v) is 5.62. The van der Waals surface area contributed by atoms with E-state index in [9.17, 15) is 0 Å². The molecule has 76 valence electrons. The molecular weight excluding hydrogens is 160 g/mol. The average Bonchev–Trinajstić information content (AvgIpc) is 2.24. The molecule has 0 amide bonds. The predicted octanol–water partition coefficient (Wildman–Crippen LogP) is 1.52. The number of hydrogen-bond acceptors (Lipinski definition) is 2. The molecule has 1 aliphatic carbocycles. The molecule has 1 saturated carbocycles. The van der Waals surface area contributed by atoms with E-state index >= 15 is 0 Å². The van der Waals surface area contributed by atoms with Gasteiger partial charge in [-0.25, -0.2) is 0 Å². The molecule has 1 atom stereocenters. The highest BCUT2D eigenvalue weighted by molar-refractivity contribution is 5.09. The van der Waals surface area contributed by atoms with Crippen molar-refractivity contribution >= 4 is 0 Å². The van der Waals surface area contributed by atoms with Crippen LogP contribution in [-0.2, 0) is 0 Å². The summed E-state index contributed by atoms with van der Waals surface area (Å²) in [6, 6.07) is 0. The Labute approximate surface area is 81.5 Å². The minimum absolute atomic E-state index is 0.384. The number of hydrogen-bond donors (Lipinski definition) is 2. The van der Waals surface area contributed by atoms with Gasteiger partial charge in [0.15, 0.2) is 0 Å². The fourth-order valence-corrected chi connectivity index (χ4v) is 3.04. The van der Waals surface area contributed by atoms with Gasteiger partial charge in [0.25, 0.3) is 0 Å². The lowest BCUT2D eigenvalue weighted by Crippen LogP contribution is -2.68. The zero-order valence-electron chi connectivity index (χ0n) is 8.95. The van der Waals surface area contributed by atoms with E-state index in [1.165, 1.54) is 45.2 Å². The zero-order valence-corrected chi connectivity index (χ0v) is 8.95. The largest absolute Gasteiger partial charge is 0.315 e. The van der Waals surface area contributed by atoms with Crippen molar-refractivity contribution in [1.29, 1.82) is 0 Å². The van der Waals surface area contributed by atoms with Crippen LogP contribution >= 0.6 is 0 Å². The third kappa shape index (κ3) is 1.31. The predicted molar refractivity (Wildman–Crippen MR) is 55.9 cm³/mol. The van der Waals surface area contributed by atoms with Crippen LogP contribution in [0.2, 0.25) is 0 Å². The molecule has 0 radical (unpaired) electrons. The maximum absolute atomic E-state index is 3.57. The summed E-state index contributed by atoms with van der Waals surface area (Å²) in [6.07, 6.45) is 7.03. The monoisotopic (exact) mass is 182 g/mol. The highest BCUT2D eigenvalue weighted by atomic mass is 15.1. The molecule has 0 aromatic rings. The summed E-state index contributed by atoms with van der Waals surface area (Å²) in [7, 11) is 2.13. The summed E-state index contributed by atoms with van der Waals surface area (Å²) in [4.78, 5) is 0. The Morgan fingerprint density at radius 2 is 1.77 bits per heavy atom. The molecule has 2 fully saturated rings. The van der Waals surface area contributed by atoms with Gasteiger partial charge < -0.3 is 10.6 Å². The van der Waals surface area contributed by atoms with Gasteiger partial charge in [0.2, 0.25) is 0 Å². The van der Waals surface area contributed by atoms with Crippen molar-refractivity contribution in [3.63, 3.8) is 0 Å². The number of nitrogens with one attached hydrogen (secondary N) is 2. The summed E-state index contributed by atoms with van der Waals surface area (Å²) >= 11 is 0. The summed E-state index contributed by atoms with van der Waals surface area (Å²) < 4.78 is 0. The molecule has 1 unspecified atom stereocenters. The minimum Gasteiger partial charge on any atom is -0.315 e. The third-order valence-corrected chi connectivity index (χ3v) is 4.48. The standard InChI is InChI=1S/C11H22N2/c1-10(12-2)6-4-3-5-7-11(10)8-13-9-11/h12-13H,3-9H2,1-2H3. The third-order valence-electron chi connectivity index (χ3n) is 4.48. The lowest BCUT2D eigenvalue weighted by Gasteiger charge is -2.54. The van der Waals surface area contributed by atoms with Gasteiger partial charge in [-0.3, -0.25) is 0 Å². The lowest BCUT2D eigenvalue weighted by atomic mass is 9.63. The summed E-state index contributed by atoms with van der Waals surface area (Å²) in [6.45, 7) is 4.87. The normalized spacial score (nSPS) is 38.3. The van der Waals surface area contributed by atoms with E-state index < -0.39 is 0 Å². The molecule has 1 aliphatic heterocycles. The van der Waals surface area contributed by atoms with Crippen LogP contribution in [-0.4, -0.2) is 25.7 Å². The van der Waals surface area contributed by atoms with Crippen molar-refractivity contribution in [2.24, 2.45) is 5.41 Å². The van der Waals surface area contributed by atoms with Gasteiger partial charge in [0.05, 0.1) is 0 Å². The van der Waals surface area contributed by atoms with Crippen LogP contribution in [0.4, 0.5) is 0 Å². The first-order valence-electron chi connectivity index (χ1n) is 5.62. The second-order valence-corrected chi connectivity index (χ2v) is 5.03. The van der Waals surface area contributed by atoms with Gasteiger partial charge in [-0.15, -0.1) is 0 Å². The van der Waals surface area contributed by atoms with Crippen LogP contribution in [0.1, 0.15) is 39.0 Å². The quantitative estimate of drug-likeness (QED) is 0.642. The zero-order chi connectivity index (χ0) is 9.36. The highest BCUT2D eigenvalue weighted by Crippen LogP contribution is 2.45. The highest BCUT2D eigenvalue weighted by Gasteiger charge is 2.51. The van der Waals surface area contributed by atoms with E-state index in [1.54, 1.807) is 0 Å². The SMILES string of the molecule is CNC1(C)CCCCCC12CNC2. The fourth-order valence-electron chi connectivity index (χ4n) is 3.04. The number of rotatable bonds is 1. The maximum Gasteiger partial charge on any atom is 0.0230 e. The van der Waals surface area contributed by atoms with Gasteiger partial charge in [-0.05, 0) is 26.8 Å². The summed E-state index contributed by atoms with van der Waals surface area (Å²) in [5.74, 6) is 0. The molecule has 2 heteroatoms. The van der Waals surface area contributed by atoms with Crippen molar-refractivity contribution < 1.29 is 0 Å². The molecular formula is C11H22N2. The molecule has 0 bridgehead atoms. The van der Waals surface area contributed by atoms with Crippen molar-refractivity contribution in [2.45, 2.75) is 44.6 Å². The lowest BCUT2D eigenvalue weighted by molar-refractivity contribution is 0.0318. The Kier molecular flexibility index (Phi) is 2.37. The van der Waals surface area contributed by atoms with E-state index in [0.717, 1.165) is 0 Å². The molecule has 2 nitrogen and oxygen atoms in total. The molecule has 1 heterocycles. The molecule has 2 rings (SSSR count). The van der Waals surface area contributed by atoms with Gasteiger partial charge >= 0.3 is 0 Å². The van der Waals surface area contributed by atoms with E-state index in [1.807, 2.05) is 0 Å². The van der Waals surface area contributed by atoms with Crippen LogP contribution in [0.3, 0.4) is 0 Å². The molecule has 1 spiro atoms. The van der Waals surface area contributed by atoms with Crippen LogP contribution < -0.4 is 10.6 Å². The fraction of sp³-hybridized carbons (Fsp3) is 1.00. The van der Waals surface area contributed by atoms with E-state index in [2.05, 4.69) is 24.6 Å². The molecule has 0 aromatic heterocycles. The van der Waals surface area contributed by atoms with E-state index in [-0.39, 0.29) is 0 Å². The van der Waals surface area contributed by atoms with Gasteiger partial charge in [0.1, 0.15) is 0 Å². The van der Waals surface area contributed by atoms with Gasteiger partial charge in [0, 0.05) is 24.0 Å². The average molecular weight is 182 g/mol. The van der Waals surface area contributed by atoms with Crippen molar-refractivity contribution in [2.75, 3.05) is 20.1 Å².